The molecule has 0 fully saturated rings. The number of nitrogens with zero attached hydrogens (tertiary/aromatic N) is 1. The summed E-state index contributed by atoms with van der Waals surface area (Å²) in [5, 5.41) is 13.2. The molecule has 0 radical (unpaired) electrons. The molecule has 0 aliphatic carbocycles. The van der Waals surface area contributed by atoms with Crippen LogP contribution >= 0.6 is 34.8 Å². The van der Waals surface area contributed by atoms with Crippen LogP contribution in [0.25, 0.3) is 6.08 Å². The van der Waals surface area contributed by atoms with Gasteiger partial charge in [0.15, 0.2) is 0 Å². The Morgan fingerprint density at radius 3 is 2.52 bits per heavy atom. The highest BCUT2D eigenvalue weighted by atomic mass is 35.5. The molecule has 0 aromatic heterocycles. The SMILES string of the molecule is Cc1c(Cl)cccc1NC(=O)/C(C#N)=C/c1ccc(Cl)c(Cl)c1. The average molecular weight is 366 g/mol. The second kappa shape index (κ2) is 7.52. The van der Waals surface area contributed by atoms with Crippen molar-refractivity contribution in [3.05, 3.63) is 68.2 Å². The maximum absolute atomic E-state index is 12.3. The number of hydrogen-bond acceptors (Lipinski definition) is 2. The summed E-state index contributed by atoms with van der Waals surface area (Å²) >= 11 is 17.8. The molecule has 23 heavy (non-hydrogen) atoms. The van der Waals surface area contributed by atoms with Gasteiger partial charge >= 0.3 is 0 Å². The van der Waals surface area contributed by atoms with Crippen molar-refractivity contribution in [3.8, 4) is 6.07 Å². The number of halogens is 3. The van der Waals surface area contributed by atoms with Gasteiger partial charge in [0.2, 0.25) is 0 Å². The normalized spacial score (nSPS) is 11.0. The zero-order chi connectivity index (χ0) is 17.0. The number of rotatable bonds is 3. The van der Waals surface area contributed by atoms with E-state index in [9.17, 15) is 10.1 Å². The Balaban J connectivity index is 2.28. The minimum Gasteiger partial charge on any atom is -0.321 e. The highest BCUT2D eigenvalue weighted by Crippen LogP contribution is 2.25. The van der Waals surface area contributed by atoms with Gasteiger partial charge in [-0.3, -0.25) is 4.79 Å². The summed E-state index contributed by atoms with van der Waals surface area (Å²) < 4.78 is 0. The Bertz CT molecular complexity index is 838. The van der Waals surface area contributed by atoms with Crippen molar-refractivity contribution in [2.75, 3.05) is 5.32 Å². The van der Waals surface area contributed by atoms with E-state index in [4.69, 9.17) is 34.8 Å². The number of nitrogens with one attached hydrogen (secondary N) is 1. The largest absolute Gasteiger partial charge is 0.321 e. The van der Waals surface area contributed by atoms with Gasteiger partial charge in [-0.1, -0.05) is 46.9 Å². The first kappa shape index (κ1) is 17.4. The molecule has 2 aromatic carbocycles. The zero-order valence-corrected chi connectivity index (χ0v) is 14.3. The topological polar surface area (TPSA) is 52.9 Å². The fourth-order valence-electron chi connectivity index (χ4n) is 1.85. The number of carbonyl (C=O) groups excluding carboxylic acids is 1. The summed E-state index contributed by atoms with van der Waals surface area (Å²) in [4.78, 5) is 12.3. The maximum Gasteiger partial charge on any atom is 0.266 e. The van der Waals surface area contributed by atoms with E-state index < -0.39 is 5.91 Å². The van der Waals surface area contributed by atoms with Crippen LogP contribution in [0.4, 0.5) is 5.69 Å². The molecule has 1 amide bonds. The third kappa shape index (κ3) is 4.27. The molecule has 116 valence electrons. The summed E-state index contributed by atoms with van der Waals surface area (Å²) in [5.74, 6) is -0.524. The molecule has 0 saturated carbocycles. The van der Waals surface area contributed by atoms with Gasteiger partial charge in [0.25, 0.3) is 5.91 Å². The van der Waals surface area contributed by atoms with Gasteiger partial charge in [-0.15, -0.1) is 0 Å². The molecule has 0 unspecified atom stereocenters. The van der Waals surface area contributed by atoms with E-state index in [1.54, 1.807) is 43.3 Å². The Labute approximate surface area is 149 Å². The second-order valence-electron chi connectivity index (χ2n) is 4.71. The second-order valence-corrected chi connectivity index (χ2v) is 5.93. The molecular formula is C17H11Cl3N2O. The highest BCUT2D eigenvalue weighted by molar-refractivity contribution is 6.42. The van der Waals surface area contributed by atoms with Crippen LogP contribution < -0.4 is 5.32 Å². The first-order valence-electron chi connectivity index (χ1n) is 6.55. The zero-order valence-electron chi connectivity index (χ0n) is 12.0. The molecule has 1 N–H and O–H groups in total. The van der Waals surface area contributed by atoms with E-state index in [1.165, 1.54) is 6.08 Å². The van der Waals surface area contributed by atoms with Crippen molar-refractivity contribution < 1.29 is 4.79 Å². The lowest BCUT2D eigenvalue weighted by Gasteiger charge is -2.09. The number of hydrogen-bond donors (Lipinski definition) is 1. The van der Waals surface area contributed by atoms with Gasteiger partial charge < -0.3 is 5.32 Å². The van der Waals surface area contributed by atoms with Crippen molar-refractivity contribution in [2.45, 2.75) is 6.92 Å². The third-order valence-corrected chi connectivity index (χ3v) is 4.28. The van der Waals surface area contributed by atoms with Crippen LogP contribution in [0.15, 0.2) is 42.0 Å². The lowest BCUT2D eigenvalue weighted by molar-refractivity contribution is -0.112. The predicted molar refractivity (Wildman–Crippen MR) is 94.9 cm³/mol. The molecule has 0 atom stereocenters. The summed E-state index contributed by atoms with van der Waals surface area (Å²) in [5.41, 5.74) is 1.84. The van der Waals surface area contributed by atoms with Crippen molar-refractivity contribution in [3.63, 3.8) is 0 Å². The van der Waals surface area contributed by atoms with Crippen molar-refractivity contribution >= 4 is 52.5 Å². The van der Waals surface area contributed by atoms with Crippen LogP contribution in [0.1, 0.15) is 11.1 Å². The molecule has 0 aliphatic rings. The summed E-state index contributed by atoms with van der Waals surface area (Å²) in [6.07, 6.45) is 1.44. The van der Waals surface area contributed by atoms with Gasteiger partial charge in [0, 0.05) is 10.7 Å². The van der Waals surface area contributed by atoms with Crippen LogP contribution in [0.2, 0.25) is 15.1 Å². The number of carbonyl (C=O) groups is 1. The minimum absolute atomic E-state index is 0.0530. The van der Waals surface area contributed by atoms with E-state index in [0.29, 0.717) is 26.3 Å². The summed E-state index contributed by atoms with van der Waals surface area (Å²) in [7, 11) is 0. The van der Waals surface area contributed by atoms with E-state index in [0.717, 1.165) is 5.56 Å². The molecular weight excluding hydrogens is 355 g/mol. The molecule has 3 nitrogen and oxygen atoms in total. The van der Waals surface area contributed by atoms with E-state index in [1.807, 2.05) is 6.07 Å². The quantitative estimate of drug-likeness (QED) is 0.576. The van der Waals surface area contributed by atoms with Crippen molar-refractivity contribution in [1.29, 1.82) is 5.26 Å². The van der Waals surface area contributed by atoms with E-state index >= 15 is 0 Å². The van der Waals surface area contributed by atoms with Gasteiger partial charge in [0.1, 0.15) is 11.6 Å². The van der Waals surface area contributed by atoms with Crippen LogP contribution in [0.3, 0.4) is 0 Å². The smallest absolute Gasteiger partial charge is 0.266 e. The Morgan fingerprint density at radius 2 is 1.87 bits per heavy atom. The maximum atomic E-state index is 12.3. The van der Waals surface area contributed by atoms with Gasteiger partial charge in [-0.05, 0) is 48.4 Å². The van der Waals surface area contributed by atoms with Gasteiger partial charge in [0.05, 0.1) is 10.0 Å². The number of amides is 1. The fraction of sp³-hybridized carbons (Fsp3) is 0.0588. The highest BCUT2D eigenvalue weighted by Gasteiger charge is 2.12. The summed E-state index contributed by atoms with van der Waals surface area (Å²) in [6.45, 7) is 1.78. The van der Waals surface area contributed by atoms with Crippen LogP contribution in [-0.2, 0) is 4.79 Å². The molecule has 2 rings (SSSR count). The van der Waals surface area contributed by atoms with E-state index in [-0.39, 0.29) is 5.57 Å². The predicted octanol–water partition coefficient (Wildman–Crippen LogP) is 5.50. The van der Waals surface area contributed by atoms with Crippen LogP contribution in [-0.4, -0.2) is 5.91 Å². The molecule has 2 aromatic rings. The first-order valence-corrected chi connectivity index (χ1v) is 7.69. The number of nitriles is 1. The lowest BCUT2D eigenvalue weighted by Crippen LogP contribution is -2.14. The Hall–Kier alpha value is -1.99. The standard InChI is InChI=1S/C17H11Cl3N2O/c1-10-13(18)3-2-4-16(10)22-17(23)12(9-21)7-11-5-6-14(19)15(20)8-11/h2-8H,1H3,(H,22,23)/b12-7+. The van der Waals surface area contributed by atoms with Crippen molar-refractivity contribution in [1.82, 2.24) is 0 Å². The third-order valence-electron chi connectivity index (χ3n) is 3.14. The van der Waals surface area contributed by atoms with E-state index in [2.05, 4.69) is 5.32 Å². The first-order chi connectivity index (χ1) is 10.9. The Kier molecular flexibility index (Phi) is 5.68. The molecule has 0 heterocycles. The number of anilines is 1. The minimum atomic E-state index is -0.524. The van der Waals surface area contributed by atoms with Gasteiger partial charge in [-0.2, -0.15) is 5.26 Å². The molecule has 0 bridgehead atoms. The van der Waals surface area contributed by atoms with Crippen LogP contribution in [0, 0.1) is 18.3 Å². The number of benzene rings is 2. The fourth-order valence-corrected chi connectivity index (χ4v) is 2.33. The van der Waals surface area contributed by atoms with Gasteiger partial charge in [-0.25, -0.2) is 0 Å². The van der Waals surface area contributed by atoms with Crippen LogP contribution in [0.5, 0.6) is 0 Å². The molecule has 0 aliphatic heterocycles. The van der Waals surface area contributed by atoms with Crippen molar-refractivity contribution in [2.24, 2.45) is 0 Å². The molecule has 0 spiro atoms. The summed E-state index contributed by atoms with van der Waals surface area (Å²) in [6, 6.07) is 11.9. The average Bonchev–Trinajstić information content (AvgIpc) is 2.52. The monoisotopic (exact) mass is 364 g/mol. The molecule has 0 saturated heterocycles. The lowest BCUT2D eigenvalue weighted by atomic mass is 10.1. The molecule has 6 heteroatoms. The Morgan fingerprint density at radius 1 is 1.13 bits per heavy atom.